The van der Waals surface area contributed by atoms with E-state index in [9.17, 15) is 8.78 Å². The van der Waals surface area contributed by atoms with Crippen molar-refractivity contribution in [1.82, 2.24) is 15.6 Å². The van der Waals surface area contributed by atoms with Crippen LogP contribution < -0.4 is 10.6 Å². The molecule has 0 unspecified atom stereocenters. The van der Waals surface area contributed by atoms with Gasteiger partial charge in [0.1, 0.15) is 16.6 Å². The monoisotopic (exact) mass is 338 g/mol. The SMILES string of the molecule is CN=C(NCc1nc(C(C)C)cs1)NCc1cc(F)ccc1F. The molecule has 7 heteroatoms. The first kappa shape index (κ1) is 17.3. The molecule has 0 aliphatic carbocycles. The van der Waals surface area contributed by atoms with Gasteiger partial charge in [-0.2, -0.15) is 0 Å². The minimum Gasteiger partial charge on any atom is -0.352 e. The van der Waals surface area contributed by atoms with Crippen molar-refractivity contribution in [1.29, 1.82) is 0 Å². The topological polar surface area (TPSA) is 49.3 Å². The largest absolute Gasteiger partial charge is 0.352 e. The molecule has 0 atom stereocenters. The first-order valence-corrected chi connectivity index (χ1v) is 8.20. The summed E-state index contributed by atoms with van der Waals surface area (Å²) in [6.45, 7) is 4.88. The van der Waals surface area contributed by atoms with E-state index in [1.54, 1.807) is 18.4 Å². The maximum atomic E-state index is 13.6. The van der Waals surface area contributed by atoms with Gasteiger partial charge in [-0.25, -0.2) is 13.8 Å². The van der Waals surface area contributed by atoms with Crippen LogP contribution >= 0.6 is 11.3 Å². The number of rotatable bonds is 5. The number of thiazole rings is 1. The average molecular weight is 338 g/mol. The Balaban J connectivity index is 1.89. The third-order valence-electron chi connectivity index (χ3n) is 3.25. The van der Waals surface area contributed by atoms with Gasteiger partial charge in [-0.05, 0) is 24.1 Å². The van der Waals surface area contributed by atoms with E-state index < -0.39 is 11.6 Å². The Morgan fingerprint density at radius 3 is 2.65 bits per heavy atom. The molecule has 0 amide bonds. The molecule has 0 aliphatic heterocycles. The second-order valence-corrected chi connectivity index (χ2v) is 6.28. The number of guanidine groups is 1. The van der Waals surface area contributed by atoms with E-state index in [-0.39, 0.29) is 12.1 Å². The number of hydrogen-bond donors (Lipinski definition) is 2. The van der Waals surface area contributed by atoms with Gasteiger partial charge < -0.3 is 10.6 Å². The van der Waals surface area contributed by atoms with Gasteiger partial charge in [0.2, 0.25) is 0 Å². The molecule has 1 aromatic carbocycles. The molecule has 2 rings (SSSR count). The van der Waals surface area contributed by atoms with E-state index in [0.717, 1.165) is 22.8 Å². The Kier molecular flexibility index (Phi) is 6.04. The highest BCUT2D eigenvalue weighted by atomic mass is 32.1. The molecule has 1 heterocycles. The Labute approximate surface area is 138 Å². The zero-order valence-corrected chi connectivity index (χ0v) is 14.2. The van der Waals surface area contributed by atoms with Crippen LogP contribution in [0.2, 0.25) is 0 Å². The van der Waals surface area contributed by atoms with E-state index in [1.807, 2.05) is 5.38 Å². The molecular formula is C16H20F2N4S. The molecule has 0 saturated heterocycles. The normalized spacial score (nSPS) is 11.8. The molecule has 0 fully saturated rings. The van der Waals surface area contributed by atoms with Crippen molar-refractivity contribution in [2.24, 2.45) is 4.99 Å². The molecule has 0 spiro atoms. The van der Waals surface area contributed by atoms with Crippen LogP contribution in [0.25, 0.3) is 0 Å². The standard InChI is InChI=1S/C16H20F2N4S/c1-10(2)14-9-23-15(22-14)8-21-16(19-3)20-7-11-6-12(17)4-5-13(11)18/h4-6,9-10H,7-8H2,1-3H3,(H2,19,20,21). The summed E-state index contributed by atoms with van der Waals surface area (Å²) in [5.41, 5.74) is 1.32. The van der Waals surface area contributed by atoms with Crippen molar-refractivity contribution in [2.45, 2.75) is 32.9 Å². The molecule has 0 aliphatic rings. The van der Waals surface area contributed by atoms with Crippen molar-refractivity contribution in [3.63, 3.8) is 0 Å². The summed E-state index contributed by atoms with van der Waals surface area (Å²) in [4.78, 5) is 8.59. The smallest absolute Gasteiger partial charge is 0.191 e. The molecular weight excluding hydrogens is 318 g/mol. The Hall–Kier alpha value is -2.02. The molecule has 1 aromatic heterocycles. The van der Waals surface area contributed by atoms with Gasteiger partial charge in [0.15, 0.2) is 5.96 Å². The summed E-state index contributed by atoms with van der Waals surface area (Å²) in [5.74, 6) is -0.00523. The number of nitrogens with zero attached hydrogens (tertiary/aromatic N) is 2. The maximum absolute atomic E-state index is 13.6. The Bertz CT molecular complexity index is 682. The molecule has 23 heavy (non-hydrogen) atoms. The minimum absolute atomic E-state index is 0.151. The van der Waals surface area contributed by atoms with Crippen molar-refractivity contribution in [2.75, 3.05) is 7.05 Å². The number of hydrogen-bond acceptors (Lipinski definition) is 3. The van der Waals surface area contributed by atoms with Crippen molar-refractivity contribution < 1.29 is 8.78 Å². The fourth-order valence-electron chi connectivity index (χ4n) is 1.91. The van der Waals surface area contributed by atoms with Gasteiger partial charge in [-0.15, -0.1) is 11.3 Å². The van der Waals surface area contributed by atoms with E-state index in [2.05, 4.69) is 34.5 Å². The van der Waals surface area contributed by atoms with Crippen molar-refractivity contribution >= 4 is 17.3 Å². The van der Waals surface area contributed by atoms with Crippen LogP contribution in [0.5, 0.6) is 0 Å². The van der Waals surface area contributed by atoms with Gasteiger partial charge in [0.05, 0.1) is 12.2 Å². The number of nitrogens with one attached hydrogen (secondary N) is 2. The van der Waals surface area contributed by atoms with Crippen LogP contribution in [-0.2, 0) is 13.1 Å². The predicted molar refractivity (Wildman–Crippen MR) is 89.6 cm³/mol. The van der Waals surface area contributed by atoms with E-state index >= 15 is 0 Å². The second kappa shape index (κ2) is 8.01. The van der Waals surface area contributed by atoms with Crippen LogP contribution in [-0.4, -0.2) is 18.0 Å². The first-order chi connectivity index (χ1) is 11.0. The Morgan fingerprint density at radius 1 is 1.26 bits per heavy atom. The molecule has 0 saturated carbocycles. The van der Waals surface area contributed by atoms with Crippen LogP contribution in [0.3, 0.4) is 0 Å². The fraction of sp³-hybridized carbons (Fsp3) is 0.375. The predicted octanol–water partition coefficient (Wildman–Crippen LogP) is 3.41. The molecule has 124 valence electrons. The summed E-state index contributed by atoms with van der Waals surface area (Å²) in [6, 6.07) is 3.39. The van der Waals surface area contributed by atoms with E-state index in [4.69, 9.17) is 0 Å². The summed E-state index contributed by atoms with van der Waals surface area (Å²) < 4.78 is 26.7. The lowest BCUT2D eigenvalue weighted by molar-refractivity contribution is 0.581. The van der Waals surface area contributed by atoms with Crippen LogP contribution in [0.15, 0.2) is 28.6 Å². The molecule has 2 N–H and O–H groups in total. The zero-order valence-electron chi connectivity index (χ0n) is 13.4. The Morgan fingerprint density at radius 2 is 2.00 bits per heavy atom. The molecule has 0 bridgehead atoms. The minimum atomic E-state index is -0.463. The summed E-state index contributed by atoms with van der Waals surface area (Å²) in [7, 11) is 1.62. The average Bonchev–Trinajstić information content (AvgIpc) is 3.00. The number of aromatic nitrogens is 1. The number of halogens is 2. The highest BCUT2D eigenvalue weighted by molar-refractivity contribution is 7.09. The summed E-state index contributed by atoms with van der Waals surface area (Å²) in [5, 5.41) is 9.07. The number of benzene rings is 1. The van der Waals surface area contributed by atoms with E-state index in [0.29, 0.717) is 18.4 Å². The lowest BCUT2D eigenvalue weighted by atomic mass is 10.2. The van der Waals surface area contributed by atoms with Crippen LogP contribution in [0.1, 0.15) is 36.0 Å². The highest BCUT2D eigenvalue weighted by Gasteiger charge is 2.08. The number of aliphatic imine (C=N–C) groups is 1. The summed E-state index contributed by atoms with van der Waals surface area (Å²) in [6.07, 6.45) is 0. The zero-order chi connectivity index (χ0) is 16.8. The van der Waals surface area contributed by atoms with Crippen molar-refractivity contribution in [3.05, 3.63) is 51.5 Å². The quantitative estimate of drug-likeness (QED) is 0.649. The molecule has 0 radical (unpaired) electrons. The maximum Gasteiger partial charge on any atom is 0.191 e. The third kappa shape index (κ3) is 4.99. The summed E-state index contributed by atoms with van der Waals surface area (Å²) >= 11 is 1.58. The molecule has 4 nitrogen and oxygen atoms in total. The van der Waals surface area contributed by atoms with Gasteiger partial charge in [-0.1, -0.05) is 13.8 Å². The second-order valence-electron chi connectivity index (χ2n) is 5.34. The highest BCUT2D eigenvalue weighted by Crippen LogP contribution is 2.17. The van der Waals surface area contributed by atoms with Gasteiger partial charge in [0.25, 0.3) is 0 Å². The third-order valence-corrected chi connectivity index (χ3v) is 4.11. The van der Waals surface area contributed by atoms with Gasteiger partial charge in [0, 0.05) is 24.5 Å². The van der Waals surface area contributed by atoms with Gasteiger partial charge >= 0.3 is 0 Å². The van der Waals surface area contributed by atoms with Crippen molar-refractivity contribution in [3.8, 4) is 0 Å². The fourth-order valence-corrected chi connectivity index (χ4v) is 2.80. The molecule has 2 aromatic rings. The van der Waals surface area contributed by atoms with E-state index in [1.165, 1.54) is 6.07 Å². The lowest BCUT2D eigenvalue weighted by Crippen LogP contribution is -2.36. The van der Waals surface area contributed by atoms with Crippen LogP contribution in [0, 0.1) is 11.6 Å². The van der Waals surface area contributed by atoms with Gasteiger partial charge in [-0.3, -0.25) is 4.99 Å². The first-order valence-electron chi connectivity index (χ1n) is 7.32. The lowest BCUT2D eigenvalue weighted by Gasteiger charge is -2.11. The van der Waals surface area contributed by atoms with Crippen LogP contribution in [0.4, 0.5) is 8.78 Å².